The van der Waals surface area contributed by atoms with Crippen molar-refractivity contribution in [3.8, 4) is 0 Å². The van der Waals surface area contributed by atoms with Crippen LogP contribution in [0.25, 0.3) is 0 Å². The number of piperazine rings is 1. The summed E-state index contributed by atoms with van der Waals surface area (Å²) in [5.41, 5.74) is 0.477. The average molecular weight is 302 g/mol. The first-order valence-corrected chi connectivity index (χ1v) is 7.43. The van der Waals surface area contributed by atoms with Gasteiger partial charge in [0.2, 0.25) is 11.8 Å². The molecule has 2 aliphatic rings. The summed E-state index contributed by atoms with van der Waals surface area (Å²) < 4.78 is 0. The Bertz CT molecular complexity index is 619. The van der Waals surface area contributed by atoms with Gasteiger partial charge in [0.05, 0.1) is 18.5 Å². The number of carbonyl (C=O) groups excluding carboxylic acids is 2. The number of hydrogen-bond donors (Lipinski definition) is 2. The van der Waals surface area contributed by atoms with E-state index in [9.17, 15) is 19.5 Å². The number of carboxylic acid groups (broad SMARTS) is 1. The van der Waals surface area contributed by atoms with E-state index in [2.05, 4.69) is 5.32 Å². The Morgan fingerprint density at radius 2 is 1.68 bits per heavy atom. The zero-order valence-corrected chi connectivity index (χ0v) is 12.2. The van der Waals surface area contributed by atoms with E-state index in [4.69, 9.17) is 0 Å². The molecule has 1 heterocycles. The van der Waals surface area contributed by atoms with Crippen molar-refractivity contribution in [1.29, 1.82) is 0 Å². The molecule has 1 aliphatic carbocycles. The SMILES string of the molecule is O=C1CN(c2ccccc2C2(C(=O)O)CCCC2)CC(=O)N1. The van der Waals surface area contributed by atoms with Gasteiger partial charge in [0.15, 0.2) is 0 Å². The van der Waals surface area contributed by atoms with Gasteiger partial charge in [0.25, 0.3) is 0 Å². The number of anilines is 1. The molecule has 0 aromatic heterocycles. The van der Waals surface area contributed by atoms with Crippen LogP contribution in [0.4, 0.5) is 5.69 Å². The zero-order chi connectivity index (χ0) is 15.7. The van der Waals surface area contributed by atoms with E-state index in [1.54, 1.807) is 17.0 Å². The first-order chi connectivity index (χ1) is 10.5. The van der Waals surface area contributed by atoms with E-state index in [1.807, 2.05) is 12.1 Å². The minimum absolute atomic E-state index is 0.0679. The van der Waals surface area contributed by atoms with Crippen molar-refractivity contribution in [2.75, 3.05) is 18.0 Å². The van der Waals surface area contributed by atoms with Crippen molar-refractivity contribution >= 4 is 23.5 Å². The molecule has 0 atom stereocenters. The van der Waals surface area contributed by atoms with Crippen LogP contribution >= 0.6 is 0 Å². The van der Waals surface area contributed by atoms with Crippen LogP contribution in [-0.4, -0.2) is 36.0 Å². The summed E-state index contributed by atoms with van der Waals surface area (Å²) in [7, 11) is 0. The number of imide groups is 1. The molecule has 116 valence electrons. The largest absolute Gasteiger partial charge is 0.481 e. The highest BCUT2D eigenvalue weighted by Crippen LogP contribution is 2.45. The number of aliphatic carboxylic acids is 1. The third kappa shape index (κ3) is 2.34. The average Bonchev–Trinajstić information content (AvgIpc) is 2.97. The smallest absolute Gasteiger partial charge is 0.314 e. The molecule has 1 saturated carbocycles. The third-order valence-corrected chi connectivity index (χ3v) is 4.57. The van der Waals surface area contributed by atoms with E-state index >= 15 is 0 Å². The van der Waals surface area contributed by atoms with Crippen LogP contribution in [0.15, 0.2) is 24.3 Å². The standard InChI is InChI=1S/C16H18N2O4/c19-13-9-18(10-14(20)17-13)12-6-2-1-5-11(12)16(15(21)22)7-3-4-8-16/h1-2,5-6H,3-4,7-10H2,(H,21,22)(H,17,19,20). The summed E-state index contributed by atoms with van der Waals surface area (Å²) >= 11 is 0. The fraction of sp³-hybridized carbons (Fsp3) is 0.438. The molecule has 6 heteroatoms. The van der Waals surface area contributed by atoms with Gasteiger partial charge in [-0.05, 0) is 24.5 Å². The van der Waals surface area contributed by atoms with Gasteiger partial charge in [-0.3, -0.25) is 19.7 Å². The summed E-state index contributed by atoms with van der Waals surface area (Å²) in [6, 6.07) is 7.23. The lowest BCUT2D eigenvalue weighted by molar-refractivity contribution is -0.143. The summed E-state index contributed by atoms with van der Waals surface area (Å²) in [6.07, 6.45) is 2.93. The number of nitrogens with zero attached hydrogens (tertiary/aromatic N) is 1. The van der Waals surface area contributed by atoms with Crippen molar-refractivity contribution in [3.63, 3.8) is 0 Å². The Balaban J connectivity index is 2.05. The number of rotatable bonds is 3. The van der Waals surface area contributed by atoms with Gasteiger partial charge in [0, 0.05) is 5.69 Å². The van der Waals surface area contributed by atoms with Crippen molar-refractivity contribution < 1.29 is 19.5 Å². The number of carboxylic acids is 1. The van der Waals surface area contributed by atoms with Gasteiger partial charge < -0.3 is 10.0 Å². The predicted molar refractivity (Wildman–Crippen MR) is 79.6 cm³/mol. The molecule has 0 spiro atoms. The van der Waals surface area contributed by atoms with Gasteiger partial charge in [-0.2, -0.15) is 0 Å². The molecule has 22 heavy (non-hydrogen) atoms. The quantitative estimate of drug-likeness (QED) is 0.815. The zero-order valence-electron chi connectivity index (χ0n) is 12.2. The van der Waals surface area contributed by atoms with E-state index in [-0.39, 0.29) is 24.9 Å². The Labute approximate surface area is 128 Å². The highest BCUT2D eigenvalue weighted by Gasteiger charge is 2.45. The number of para-hydroxylation sites is 1. The fourth-order valence-electron chi connectivity index (χ4n) is 3.54. The van der Waals surface area contributed by atoms with Crippen LogP contribution in [0.1, 0.15) is 31.2 Å². The van der Waals surface area contributed by atoms with Crippen LogP contribution in [0.5, 0.6) is 0 Å². The number of hydrogen-bond acceptors (Lipinski definition) is 4. The predicted octanol–water partition coefficient (Wildman–Crippen LogP) is 1.05. The lowest BCUT2D eigenvalue weighted by Crippen LogP contribution is -2.52. The van der Waals surface area contributed by atoms with Crippen molar-refractivity contribution in [2.24, 2.45) is 0 Å². The molecular weight excluding hydrogens is 284 g/mol. The Kier molecular flexibility index (Phi) is 3.60. The van der Waals surface area contributed by atoms with Crippen LogP contribution < -0.4 is 10.2 Å². The van der Waals surface area contributed by atoms with Gasteiger partial charge in [-0.15, -0.1) is 0 Å². The molecule has 0 bridgehead atoms. The van der Waals surface area contributed by atoms with Crippen molar-refractivity contribution in [3.05, 3.63) is 29.8 Å². The van der Waals surface area contributed by atoms with Gasteiger partial charge in [-0.25, -0.2) is 0 Å². The Morgan fingerprint density at radius 3 is 2.27 bits per heavy atom. The molecule has 0 radical (unpaired) electrons. The Hall–Kier alpha value is -2.37. The van der Waals surface area contributed by atoms with Crippen LogP contribution in [0.2, 0.25) is 0 Å². The van der Waals surface area contributed by atoms with Crippen molar-refractivity contribution in [1.82, 2.24) is 5.32 Å². The number of benzene rings is 1. The molecule has 0 unspecified atom stereocenters. The second-order valence-corrected chi connectivity index (χ2v) is 5.94. The molecule has 1 aromatic rings. The maximum atomic E-state index is 11.9. The topological polar surface area (TPSA) is 86.7 Å². The molecule has 1 aromatic carbocycles. The highest BCUT2D eigenvalue weighted by atomic mass is 16.4. The van der Waals surface area contributed by atoms with Gasteiger partial charge >= 0.3 is 5.97 Å². The summed E-state index contributed by atoms with van der Waals surface area (Å²) in [5.74, 6) is -1.55. The molecule has 1 aliphatic heterocycles. The minimum atomic E-state index is -0.909. The lowest BCUT2D eigenvalue weighted by Gasteiger charge is -2.34. The van der Waals surface area contributed by atoms with E-state index in [0.29, 0.717) is 24.1 Å². The summed E-state index contributed by atoms with van der Waals surface area (Å²) in [5, 5.41) is 12.0. The highest BCUT2D eigenvalue weighted by molar-refractivity contribution is 6.03. The van der Waals surface area contributed by atoms with E-state index in [1.165, 1.54) is 0 Å². The van der Waals surface area contributed by atoms with Crippen molar-refractivity contribution in [2.45, 2.75) is 31.1 Å². The monoisotopic (exact) mass is 302 g/mol. The van der Waals surface area contributed by atoms with E-state index in [0.717, 1.165) is 12.8 Å². The molecule has 1 saturated heterocycles. The molecule has 2 amide bonds. The number of amides is 2. The van der Waals surface area contributed by atoms with Gasteiger partial charge in [-0.1, -0.05) is 31.0 Å². The summed E-state index contributed by atoms with van der Waals surface area (Å²) in [4.78, 5) is 36.8. The second kappa shape index (κ2) is 5.44. The third-order valence-electron chi connectivity index (χ3n) is 4.57. The van der Waals surface area contributed by atoms with E-state index < -0.39 is 11.4 Å². The molecule has 3 rings (SSSR count). The summed E-state index contributed by atoms with van der Waals surface area (Å²) in [6.45, 7) is 0.136. The molecule has 2 fully saturated rings. The van der Waals surface area contributed by atoms with Crippen LogP contribution in [-0.2, 0) is 19.8 Å². The lowest BCUT2D eigenvalue weighted by atomic mass is 9.77. The first kappa shape index (κ1) is 14.6. The van der Waals surface area contributed by atoms with Crippen LogP contribution in [0, 0.1) is 0 Å². The molecule has 6 nitrogen and oxygen atoms in total. The maximum Gasteiger partial charge on any atom is 0.314 e. The normalized spacial score (nSPS) is 20.8. The minimum Gasteiger partial charge on any atom is -0.481 e. The number of nitrogens with one attached hydrogen (secondary N) is 1. The second-order valence-electron chi connectivity index (χ2n) is 5.94. The Morgan fingerprint density at radius 1 is 1.09 bits per heavy atom. The molecule has 2 N–H and O–H groups in total. The number of carbonyl (C=O) groups is 3. The maximum absolute atomic E-state index is 11.9. The van der Waals surface area contributed by atoms with Gasteiger partial charge in [0.1, 0.15) is 0 Å². The first-order valence-electron chi connectivity index (χ1n) is 7.43. The van der Waals surface area contributed by atoms with Crippen LogP contribution in [0.3, 0.4) is 0 Å². The fourth-order valence-corrected chi connectivity index (χ4v) is 3.54. The molecular formula is C16H18N2O4.